The highest BCUT2D eigenvalue weighted by Crippen LogP contribution is 2.16. The fourth-order valence-corrected chi connectivity index (χ4v) is 2.21. The molecule has 1 rings (SSSR count). The Morgan fingerprint density at radius 2 is 2.24 bits per heavy atom. The average Bonchev–Trinajstić information content (AvgIpc) is 2.52. The summed E-state index contributed by atoms with van der Waals surface area (Å²) in [5, 5.41) is 8.50. The van der Waals surface area contributed by atoms with Crippen LogP contribution < -0.4 is 0 Å². The first-order chi connectivity index (χ1) is 8.15. The van der Waals surface area contributed by atoms with Crippen molar-refractivity contribution in [3.63, 3.8) is 0 Å². The van der Waals surface area contributed by atoms with Crippen LogP contribution in [0.4, 0.5) is 0 Å². The predicted octanol–water partition coefficient (Wildman–Crippen LogP) is 1.62. The van der Waals surface area contributed by atoms with E-state index in [2.05, 4.69) is 17.9 Å². The van der Waals surface area contributed by atoms with Crippen LogP contribution in [0.5, 0.6) is 0 Å². The highest BCUT2D eigenvalue weighted by Gasteiger charge is 2.20. The Bertz CT molecular complexity index is 285. The van der Waals surface area contributed by atoms with Crippen molar-refractivity contribution in [1.29, 1.82) is 5.26 Å². The van der Waals surface area contributed by atoms with Gasteiger partial charge in [0.1, 0.15) is 0 Å². The molecular weight excluding hydrogens is 214 g/mol. The first-order valence-electron chi connectivity index (χ1n) is 6.50. The first kappa shape index (κ1) is 14.0. The maximum atomic E-state index is 11.9. The molecule has 96 valence electrons. The monoisotopic (exact) mass is 237 g/mol. The Hall–Kier alpha value is -1.08. The Labute approximate surface area is 104 Å². The van der Waals surface area contributed by atoms with Gasteiger partial charge in [0.25, 0.3) is 0 Å². The van der Waals surface area contributed by atoms with Gasteiger partial charge in [-0.3, -0.25) is 9.69 Å². The third-order valence-corrected chi connectivity index (χ3v) is 3.51. The third-order valence-electron chi connectivity index (χ3n) is 3.51. The minimum Gasteiger partial charge on any atom is -0.344 e. The second-order valence-electron chi connectivity index (χ2n) is 4.89. The molecule has 1 fully saturated rings. The fraction of sp³-hybridized carbons (Fsp3) is 0.846. The number of nitrogens with zero attached hydrogens (tertiary/aromatic N) is 3. The van der Waals surface area contributed by atoms with E-state index in [1.807, 2.05) is 0 Å². The lowest BCUT2D eigenvalue weighted by Gasteiger charge is -2.28. The number of hydrogen-bond donors (Lipinski definition) is 0. The Morgan fingerprint density at radius 1 is 1.47 bits per heavy atom. The maximum absolute atomic E-state index is 11.9. The maximum Gasteiger partial charge on any atom is 0.236 e. The molecule has 0 aromatic rings. The van der Waals surface area contributed by atoms with Gasteiger partial charge in [-0.1, -0.05) is 12.8 Å². The molecule has 0 aromatic heterocycles. The SMILES string of the molecule is CC1CCCCCN1CC(=O)N(C)CCC#N. The van der Waals surface area contributed by atoms with Crippen molar-refractivity contribution in [3.05, 3.63) is 0 Å². The van der Waals surface area contributed by atoms with Crippen LogP contribution >= 0.6 is 0 Å². The highest BCUT2D eigenvalue weighted by molar-refractivity contribution is 5.78. The quantitative estimate of drug-likeness (QED) is 0.746. The summed E-state index contributed by atoms with van der Waals surface area (Å²) in [6.07, 6.45) is 5.35. The van der Waals surface area contributed by atoms with Gasteiger partial charge in [0, 0.05) is 19.6 Å². The van der Waals surface area contributed by atoms with Gasteiger partial charge in [-0.2, -0.15) is 5.26 Å². The Kier molecular flexibility index (Phi) is 5.99. The van der Waals surface area contributed by atoms with Crippen molar-refractivity contribution in [2.24, 2.45) is 0 Å². The van der Waals surface area contributed by atoms with E-state index in [1.54, 1.807) is 11.9 Å². The minimum atomic E-state index is 0.133. The van der Waals surface area contributed by atoms with Crippen LogP contribution in [-0.2, 0) is 4.79 Å². The smallest absolute Gasteiger partial charge is 0.236 e. The number of nitriles is 1. The topological polar surface area (TPSA) is 47.3 Å². The lowest BCUT2D eigenvalue weighted by molar-refractivity contribution is -0.131. The molecule has 17 heavy (non-hydrogen) atoms. The zero-order valence-corrected chi connectivity index (χ0v) is 11.0. The van der Waals surface area contributed by atoms with Gasteiger partial charge in [-0.15, -0.1) is 0 Å². The van der Waals surface area contributed by atoms with Crippen molar-refractivity contribution in [2.45, 2.75) is 45.1 Å². The lowest BCUT2D eigenvalue weighted by atomic mass is 10.1. The first-order valence-corrected chi connectivity index (χ1v) is 6.50. The summed E-state index contributed by atoms with van der Waals surface area (Å²) in [6, 6.07) is 2.57. The van der Waals surface area contributed by atoms with E-state index < -0.39 is 0 Å². The number of amides is 1. The molecule has 0 N–H and O–H groups in total. The van der Waals surface area contributed by atoms with Crippen molar-refractivity contribution >= 4 is 5.91 Å². The number of carbonyl (C=O) groups is 1. The van der Waals surface area contributed by atoms with Crippen molar-refractivity contribution in [2.75, 3.05) is 26.7 Å². The van der Waals surface area contributed by atoms with Crippen molar-refractivity contribution in [1.82, 2.24) is 9.80 Å². The van der Waals surface area contributed by atoms with Gasteiger partial charge in [0.2, 0.25) is 5.91 Å². The molecule has 0 aliphatic carbocycles. The summed E-state index contributed by atoms with van der Waals surface area (Å²) < 4.78 is 0. The molecule has 1 heterocycles. The van der Waals surface area contributed by atoms with Crippen LogP contribution in [0, 0.1) is 11.3 Å². The molecule has 0 radical (unpaired) electrons. The summed E-state index contributed by atoms with van der Waals surface area (Å²) >= 11 is 0. The summed E-state index contributed by atoms with van der Waals surface area (Å²) in [4.78, 5) is 15.9. The van der Waals surface area contributed by atoms with E-state index in [4.69, 9.17) is 5.26 Å². The molecule has 1 aliphatic heterocycles. The van der Waals surface area contributed by atoms with Crippen LogP contribution in [0.1, 0.15) is 39.0 Å². The zero-order valence-electron chi connectivity index (χ0n) is 11.0. The molecule has 1 unspecified atom stereocenters. The predicted molar refractivity (Wildman–Crippen MR) is 67.4 cm³/mol. The highest BCUT2D eigenvalue weighted by atomic mass is 16.2. The van der Waals surface area contributed by atoms with Crippen molar-refractivity contribution in [3.8, 4) is 6.07 Å². The van der Waals surface area contributed by atoms with E-state index in [-0.39, 0.29) is 5.91 Å². The summed E-state index contributed by atoms with van der Waals surface area (Å²) in [6.45, 7) is 4.27. The number of hydrogen-bond acceptors (Lipinski definition) is 3. The number of likely N-dealkylation sites (tertiary alicyclic amines) is 1. The molecule has 1 aliphatic rings. The number of likely N-dealkylation sites (N-methyl/N-ethyl adjacent to an activating group) is 1. The van der Waals surface area contributed by atoms with Gasteiger partial charge in [-0.25, -0.2) is 0 Å². The molecular formula is C13H23N3O. The molecule has 1 atom stereocenters. The fourth-order valence-electron chi connectivity index (χ4n) is 2.21. The second-order valence-corrected chi connectivity index (χ2v) is 4.89. The third kappa shape index (κ3) is 4.74. The van der Waals surface area contributed by atoms with Crippen LogP contribution in [-0.4, -0.2) is 48.4 Å². The molecule has 4 heteroatoms. The van der Waals surface area contributed by atoms with E-state index in [9.17, 15) is 4.79 Å². The van der Waals surface area contributed by atoms with Crippen LogP contribution in [0.25, 0.3) is 0 Å². The van der Waals surface area contributed by atoms with Crippen LogP contribution in [0.2, 0.25) is 0 Å². The zero-order chi connectivity index (χ0) is 12.7. The molecule has 0 saturated carbocycles. The van der Waals surface area contributed by atoms with E-state index in [0.29, 0.717) is 25.6 Å². The summed E-state index contributed by atoms with van der Waals surface area (Å²) in [5.74, 6) is 0.133. The largest absolute Gasteiger partial charge is 0.344 e. The molecule has 4 nitrogen and oxygen atoms in total. The number of rotatable bonds is 4. The van der Waals surface area contributed by atoms with Crippen LogP contribution in [0.3, 0.4) is 0 Å². The summed E-state index contributed by atoms with van der Waals surface area (Å²) in [7, 11) is 1.78. The Morgan fingerprint density at radius 3 is 2.94 bits per heavy atom. The average molecular weight is 237 g/mol. The normalized spacial score (nSPS) is 21.6. The van der Waals surface area contributed by atoms with Gasteiger partial charge < -0.3 is 4.90 Å². The van der Waals surface area contributed by atoms with Crippen LogP contribution in [0.15, 0.2) is 0 Å². The molecule has 0 aromatic carbocycles. The van der Waals surface area contributed by atoms with Gasteiger partial charge >= 0.3 is 0 Å². The minimum absolute atomic E-state index is 0.133. The molecule has 1 saturated heterocycles. The Balaban J connectivity index is 2.40. The molecule has 0 spiro atoms. The lowest BCUT2D eigenvalue weighted by Crippen LogP contribution is -2.42. The standard InChI is InChI=1S/C13H23N3O/c1-12-7-4-3-5-10-16(12)11-13(17)15(2)9-6-8-14/h12H,3-7,9-11H2,1-2H3. The second kappa shape index (κ2) is 7.29. The number of carbonyl (C=O) groups excluding carboxylic acids is 1. The molecule has 0 bridgehead atoms. The van der Waals surface area contributed by atoms with Gasteiger partial charge in [0.15, 0.2) is 0 Å². The van der Waals surface area contributed by atoms with E-state index >= 15 is 0 Å². The van der Waals surface area contributed by atoms with Crippen molar-refractivity contribution < 1.29 is 4.79 Å². The van der Waals surface area contributed by atoms with E-state index in [0.717, 1.165) is 6.54 Å². The summed E-state index contributed by atoms with van der Waals surface area (Å²) in [5.41, 5.74) is 0. The van der Waals surface area contributed by atoms with E-state index in [1.165, 1.54) is 25.7 Å². The molecule has 1 amide bonds. The van der Waals surface area contributed by atoms with Gasteiger partial charge in [-0.05, 0) is 26.3 Å². The van der Waals surface area contributed by atoms with Gasteiger partial charge in [0.05, 0.1) is 19.0 Å².